The van der Waals surface area contributed by atoms with Gasteiger partial charge in [-0.2, -0.15) is 0 Å². The molecule has 1 unspecified atom stereocenters. The van der Waals surface area contributed by atoms with Crippen LogP contribution in [0.25, 0.3) is 0 Å². The Morgan fingerprint density at radius 2 is 1.89 bits per heavy atom. The summed E-state index contributed by atoms with van der Waals surface area (Å²) in [5, 5.41) is 3.56. The maximum absolute atomic E-state index is 12.1. The summed E-state index contributed by atoms with van der Waals surface area (Å²) in [5.41, 5.74) is 5.95. The Balaban J connectivity index is 2.81. The second-order valence-corrected chi connectivity index (χ2v) is 5.45. The first-order valence-corrected chi connectivity index (χ1v) is 6.66. The van der Waals surface area contributed by atoms with E-state index < -0.39 is 0 Å². The third-order valence-electron chi connectivity index (χ3n) is 2.57. The molecule has 100 valence electrons. The fraction of sp³-hybridized carbons (Fsp3) is 0.462. The van der Waals surface area contributed by atoms with Crippen molar-refractivity contribution in [2.75, 3.05) is 6.54 Å². The normalized spacial score (nSPS) is 12.6. The summed E-state index contributed by atoms with van der Waals surface area (Å²) in [5.74, 6) is 0.183. The van der Waals surface area contributed by atoms with E-state index in [4.69, 9.17) is 28.9 Å². The molecule has 0 spiro atoms. The van der Waals surface area contributed by atoms with Gasteiger partial charge in [0.15, 0.2) is 0 Å². The van der Waals surface area contributed by atoms with E-state index in [1.807, 2.05) is 0 Å². The molecular formula is C13H18Cl2N2O. The molecular weight excluding hydrogens is 271 g/mol. The highest BCUT2D eigenvalue weighted by Gasteiger charge is 2.18. The Labute approximate surface area is 118 Å². The predicted octanol–water partition coefficient (Wildman–Crippen LogP) is 3.10. The molecule has 0 radical (unpaired) electrons. The number of nitrogens with two attached hydrogens (primary N) is 1. The van der Waals surface area contributed by atoms with Crippen LogP contribution in [0.15, 0.2) is 18.2 Å². The second kappa shape index (κ2) is 6.98. The highest BCUT2D eigenvalue weighted by Crippen LogP contribution is 2.24. The van der Waals surface area contributed by atoms with Crippen molar-refractivity contribution in [2.24, 2.45) is 11.7 Å². The molecule has 1 rings (SSSR count). The van der Waals surface area contributed by atoms with E-state index in [1.165, 1.54) is 0 Å². The molecule has 1 aromatic carbocycles. The highest BCUT2D eigenvalue weighted by molar-refractivity contribution is 6.39. The number of rotatable bonds is 5. The zero-order chi connectivity index (χ0) is 13.7. The summed E-state index contributed by atoms with van der Waals surface area (Å²) in [4.78, 5) is 12.1. The molecule has 0 saturated carbocycles. The van der Waals surface area contributed by atoms with Crippen LogP contribution < -0.4 is 11.1 Å². The van der Waals surface area contributed by atoms with E-state index in [2.05, 4.69) is 19.2 Å². The van der Waals surface area contributed by atoms with Gasteiger partial charge < -0.3 is 11.1 Å². The van der Waals surface area contributed by atoms with Gasteiger partial charge in [0.05, 0.1) is 15.6 Å². The number of carbonyl (C=O) groups excluding carboxylic acids is 1. The van der Waals surface area contributed by atoms with Crippen LogP contribution in [0.4, 0.5) is 0 Å². The van der Waals surface area contributed by atoms with Gasteiger partial charge in [0, 0.05) is 12.6 Å². The maximum Gasteiger partial charge on any atom is 0.254 e. The van der Waals surface area contributed by atoms with Gasteiger partial charge in [0.25, 0.3) is 5.91 Å². The third kappa shape index (κ3) is 4.16. The lowest BCUT2D eigenvalue weighted by Crippen LogP contribution is -2.41. The minimum Gasteiger partial charge on any atom is -0.348 e. The van der Waals surface area contributed by atoms with Crippen LogP contribution in [0.5, 0.6) is 0 Å². The Morgan fingerprint density at radius 3 is 2.33 bits per heavy atom. The summed E-state index contributed by atoms with van der Waals surface area (Å²) >= 11 is 12.0. The first-order valence-electron chi connectivity index (χ1n) is 5.90. The van der Waals surface area contributed by atoms with Crippen molar-refractivity contribution in [3.05, 3.63) is 33.8 Å². The quantitative estimate of drug-likeness (QED) is 0.875. The molecule has 3 N–H and O–H groups in total. The Hall–Kier alpha value is -0.770. The Kier molecular flexibility index (Phi) is 5.93. The number of nitrogens with one attached hydrogen (secondary N) is 1. The topological polar surface area (TPSA) is 55.1 Å². The molecule has 1 aromatic rings. The fourth-order valence-corrected chi connectivity index (χ4v) is 2.32. The van der Waals surface area contributed by atoms with Gasteiger partial charge in [-0.3, -0.25) is 4.79 Å². The van der Waals surface area contributed by atoms with Crippen LogP contribution in [0, 0.1) is 5.92 Å². The molecule has 0 fully saturated rings. The van der Waals surface area contributed by atoms with Gasteiger partial charge in [-0.05, 0) is 24.5 Å². The minimum atomic E-state index is -0.276. The molecule has 0 saturated heterocycles. The highest BCUT2D eigenvalue weighted by atomic mass is 35.5. The first kappa shape index (κ1) is 15.3. The van der Waals surface area contributed by atoms with E-state index in [1.54, 1.807) is 18.2 Å². The molecule has 0 aliphatic heterocycles. The van der Waals surface area contributed by atoms with Gasteiger partial charge in [0.2, 0.25) is 0 Å². The average molecular weight is 289 g/mol. The standard InChI is InChI=1S/C13H18Cl2N2O/c1-8(2)6-9(7-16)17-13(18)12-10(14)4-3-5-11(12)15/h3-5,8-9H,6-7,16H2,1-2H3,(H,17,18). The summed E-state index contributed by atoms with van der Waals surface area (Å²) in [6.45, 7) is 4.56. The van der Waals surface area contributed by atoms with Crippen LogP contribution in [-0.4, -0.2) is 18.5 Å². The predicted molar refractivity (Wildman–Crippen MR) is 76.2 cm³/mol. The monoisotopic (exact) mass is 288 g/mol. The van der Waals surface area contributed by atoms with Crippen molar-refractivity contribution in [3.63, 3.8) is 0 Å². The van der Waals surface area contributed by atoms with Crippen LogP contribution >= 0.6 is 23.2 Å². The van der Waals surface area contributed by atoms with Gasteiger partial charge in [-0.1, -0.05) is 43.1 Å². The van der Waals surface area contributed by atoms with Crippen molar-refractivity contribution in [1.29, 1.82) is 0 Å². The SMILES string of the molecule is CC(C)CC(CN)NC(=O)c1c(Cl)cccc1Cl. The smallest absolute Gasteiger partial charge is 0.254 e. The van der Waals surface area contributed by atoms with Crippen molar-refractivity contribution < 1.29 is 4.79 Å². The number of hydrogen-bond donors (Lipinski definition) is 2. The van der Waals surface area contributed by atoms with Crippen LogP contribution in [-0.2, 0) is 0 Å². The van der Waals surface area contributed by atoms with E-state index >= 15 is 0 Å². The fourth-order valence-electron chi connectivity index (χ4n) is 1.76. The molecule has 1 amide bonds. The lowest BCUT2D eigenvalue weighted by molar-refractivity contribution is 0.0934. The lowest BCUT2D eigenvalue weighted by atomic mass is 10.0. The Morgan fingerprint density at radius 1 is 1.33 bits per heavy atom. The summed E-state index contributed by atoms with van der Waals surface area (Å²) in [7, 11) is 0. The van der Waals surface area contributed by atoms with Crippen LogP contribution in [0.3, 0.4) is 0 Å². The zero-order valence-electron chi connectivity index (χ0n) is 10.5. The molecule has 0 aliphatic rings. The number of benzene rings is 1. The van der Waals surface area contributed by atoms with Gasteiger partial charge in [-0.25, -0.2) is 0 Å². The van der Waals surface area contributed by atoms with Crippen molar-refractivity contribution in [1.82, 2.24) is 5.32 Å². The molecule has 0 heterocycles. The molecule has 0 aliphatic carbocycles. The summed E-state index contributed by atoms with van der Waals surface area (Å²) in [6.07, 6.45) is 0.824. The molecule has 5 heteroatoms. The van der Waals surface area contributed by atoms with E-state index in [0.29, 0.717) is 28.1 Å². The molecule has 0 aromatic heterocycles. The number of hydrogen-bond acceptors (Lipinski definition) is 2. The van der Waals surface area contributed by atoms with E-state index in [0.717, 1.165) is 6.42 Å². The van der Waals surface area contributed by atoms with E-state index in [9.17, 15) is 4.79 Å². The minimum absolute atomic E-state index is 0.0650. The van der Waals surface area contributed by atoms with Gasteiger partial charge >= 0.3 is 0 Å². The van der Waals surface area contributed by atoms with Gasteiger partial charge in [-0.15, -0.1) is 0 Å². The lowest BCUT2D eigenvalue weighted by Gasteiger charge is -2.19. The zero-order valence-corrected chi connectivity index (χ0v) is 12.1. The average Bonchev–Trinajstić information content (AvgIpc) is 2.27. The summed E-state index contributed by atoms with van der Waals surface area (Å²) in [6, 6.07) is 4.92. The number of halogens is 2. The van der Waals surface area contributed by atoms with Crippen molar-refractivity contribution >= 4 is 29.1 Å². The Bertz CT molecular complexity index is 401. The molecule has 3 nitrogen and oxygen atoms in total. The summed E-state index contributed by atoms with van der Waals surface area (Å²) < 4.78 is 0. The first-order chi connectivity index (χ1) is 8.45. The molecule has 1 atom stereocenters. The third-order valence-corrected chi connectivity index (χ3v) is 3.20. The number of carbonyl (C=O) groups is 1. The second-order valence-electron chi connectivity index (χ2n) is 4.63. The largest absolute Gasteiger partial charge is 0.348 e. The molecule has 18 heavy (non-hydrogen) atoms. The van der Waals surface area contributed by atoms with E-state index in [-0.39, 0.29) is 11.9 Å². The van der Waals surface area contributed by atoms with Gasteiger partial charge in [0.1, 0.15) is 0 Å². The van der Waals surface area contributed by atoms with Crippen LogP contribution in [0.2, 0.25) is 10.0 Å². The number of amides is 1. The van der Waals surface area contributed by atoms with Crippen LogP contribution in [0.1, 0.15) is 30.6 Å². The maximum atomic E-state index is 12.1. The van der Waals surface area contributed by atoms with Crippen molar-refractivity contribution in [3.8, 4) is 0 Å². The van der Waals surface area contributed by atoms with Crippen molar-refractivity contribution in [2.45, 2.75) is 26.3 Å². The molecule has 0 bridgehead atoms.